The smallest absolute Gasteiger partial charge is 0.245 e. The van der Waals surface area contributed by atoms with Gasteiger partial charge in [0.2, 0.25) is 5.95 Å². The van der Waals surface area contributed by atoms with E-state index in [2.05, 4.69) is 82.1 Å². The van der Waals surface area contributed by atoms with Crippen molar-refractivity contribution < 1.29 is 4.79 Å². The Morgan fingerprint density at radius 2 is 1.91 bits per heavy atom. The molecule has 3 aromatic rings. The number of aromatic amines is 2. The molecule has 1 saturated heterocycles. The zero-order chi connectivity index (χ0) is 22.7. The van der Waals surface area contributed by atoms with Gasteiger partial charge in [-0.25, -0.2) is 0 Å². The number of hydrogen-bond acceptors (Lipinski definition) is 5. The lowest BCUT2D eigenvalue weighted by molar-refractivity contribution is 0.0949. The maximum Gasteiger partial charge on any atom is 0.245 e. The fraction of sp³-hybridized carbons (Fsp3) is 0.560. The molecule has 0 aliphatic carbocycles. The normalized spacial score (nSPS) is 16.6. The summed E-state index contributed by atoms with van der Waals surface area (Å²) in [6.45, 7) is 12.6. The van der Waals surface area contributed by atoms with Crippen LogP contribution in [0.5, 0.6) is 0 Å². The summed E-state index contributed by atoms with van der Waals surface area (Å²) in [5, 5.41) is 8.52. The summed E-state index contributed by atoms with van der Waals surface area (Å²) in [6, 6.07) is 8.35. The van der Waals surface area contributed by atoms with Gasteiger partial charge < -0.3 is 9.88 Å². The van der Waals surface area contributed by atoms with Gasteiger partial charge in [-0.05, 0) is 51.2 Å². The van der Waals surface area contributed by atoms with Crippen LogP contribution in [0.15, 0.2) is 30.5 Å². The average Bonchev–Trinajstić information content (AvgIpc) is 3.41. The van der Waals surface area contributed by atoms with Gasteiger partial charge in [0.15, 0.2) is 11.6 Å². The highest BCUT2D eigenvalue weighted by atomic mass is 16.1. The minimum absolute atomic E-state index is 0.0513. The van der Waals surface area contributed by atoms with Crippen LogP contribution in [0.25, 0.3) is 10.9 Å². The molecule has 2 aromatic heterocycles. The highest BCUT2D eigenvalue weighted by Crippen LogP contribution is 2.25. The summed E-state index contributed by atoms with van der Waals surface area (Å²) >= 11 is 0. The fourth-order valence-corrected chi connectivity index (χ4v) is 4.75. The number of anilines is 1. The first-order chi connectivity index (χ1) is 15.3. The van der Waals surface area contributed by atoms with Crippen molar-refractivity contribution in [3.05, 3.63) is 41.9 Å². The van der Waals surface area contributed by atoms with Gasteiger partial charge in [0.25, 0.3) is 0 Å². The van der Waals surface area contributed by atoms with E-state index in [4.69, 9.17) is 0 Å². The number of ketones is 1. The molecule has 1 aromatic carbocycles. The molecule has 1 fully saturated rings. The zero-order valence-corrected chi connectivity index (χ0v) is 19.8. The highest BCUT2D eigenvalue weighted by Gasteiger charge is 2.28. The molecule has 0 radical (unpaired) electrons. The monoisotopic (exact) mass is 436 g/mol. The Hall–Kier alpha value is -2.67. The van der Waals surface area contributed by atoms with Gasteiger partial charge in [-0.15, -0.1) is 5.10 Å². The number of fused-ring (bicyclic) bond motifs is 1. The van der Waals surface area contributed by atoms with Crippen LogP contribution in [0.2, 0.25) is 0 Å². The lowest BCUT2D eigenvalue weighted by Crippen LogP contribution is -2.53. The highest BCUT2D eigenvalue weighted by molar-refractivity contribution is 5.93. The summed E-state index contributed by atoms with van der Waals surface area (Å²) in [5.74, 6) is 1.37. The number of nitrogens with zero attached hydrogens (tertiary/aromatic N) is 4. The summed E-state index contributed by atoms with van der Waals surface area (Å²) in [7, 11) is 0. The van der Waals surface area contributed by atoms with Crippen LogP contribution in [-0.2, 0) is 6.42 Å². The van der Waals surface area contributed by atoms with Crippen molar-refractivity contribution in [1.82, 2.24) is 25.1 Å². The molecule has 1 aliphatic rings. The molecule has 1 unspecified atom stereocenters. The lowest BCUT2D eigenvalue weighted by Gasteiger charge is -2.41. The van der Waals surface area contributed by atoms with Crippen LogP contribution in [0.3, 0.4) is 0 Å². The Bertz CT molecular complexity index is 1040. The van der Waals surface area contributed by atoms with E-state index in [1.165, 1.54) is 10.9 Å². The van der Waals surface area contributed by atoms with E-state index in [9.17, 15) is 4.79 Å². The minimum atomic E-state index is 0.0513. The van der Waals surface area contributed by atoms with Gasteiger partial charge in [-0.3, -0.25) is 14.8 Å². The second kappa shape index (κ2) is 9.45. The summed E-state index contributed by atoms with van der Waals surface area (Å²) in [6.07, 6.45) is 5.53. The second-order valence-electron chi connectivity index (χ2n) is 9.97. The number of benzene rings is 1. The molecule has 0 spiro atoms. The molecule has 1 aliphatic heterocycles. The SMILES string of the molecule is CCCC(CC(=O)c1nc(N2CCN(C(C)(C)C)CC2)n[nH]1)Cc1c[nH]c2ccccc12. The van der Waals surface area contributed by atoms with Gasteiger partial charge in [-0.1, -0.05) is 31.5 Å². The molecule has 0 bridgehead atoms. The number of carbonyl (C=O) groups is 1. The van der Waals surface area contributed by atoms with Crippen LogP contribution in [0.1, 0.15) is 63.1 Å². The lowest BCUT2D eigenvalue weighted by atomic mass is 9.90. The molecule has 0 amide bonds. The van der Waals surface area contributed by atoms with Gasteiger partial charge in [0, 0.05) is 55.2 Å². The van der Waals surface area contributed by atoms with E-state index in [0.717, 1.165) is 51.0 Å². The largest absolute Gasteiger partial charge is 0.361 e. The van der Waals surface area contributed by atoms with Crippen molar-refractivity contribution in [2.75, 3.05) is 31.1 Å². The number of nitrogens with one attached hydrogen (secondary N) is 2. The van der Waals surface area contributed by atoms with Gasteiger partial charge in [0.1, 0.15) is 0 Å². The summed E-state index contributed by atoms with van der Waals surface area (Å²) < 4.78 is 0. The number of piperazine rings is 1. The summed E-state index contributed by atoms with van der Waals surface area (Å²) in [4.78, 5) is 25.6. The van der Waals surface area contributed by atoms with Gasteiger partial charge in [-0.2, -0.15) is 4.98 Å². The Morgan fingerprint density at radius 3 is 2.62 bits per heavy atom. The minimum Gasteiger partial charge on any atom is -0.361 e. The number of Topliss-reactive ketones (excluding diaryl/α,β-unsaturated/α-hetero) is 1. The molecule has 3 heterocycles. The van der Waals surface area contributed by atoms with E-state index in [0.29, 0.717) is 18.2 Å². The molecule has 4 rings (SSSR count). The molecule has 0 saturated carbocycles. The van der Waals surface area contributed by atoms with E-state index in [1.807, 2.05) is 6.07 Å². The van der Waals surface area contributed by atoms with Crippen LogP contribution in [0.4, 0.5) is 5.95 Å². The van der Waals surface area contributed by atoms with Crippen molar-refractivity contribution in [2.45, 2.75) is 58.9 Å². The molecule has 1 atom stereocenters. The predicted molar refractivity (Wildman–Crippen MR) is 129 cm³/mol. The quantitative estimate of drug-likeness (QED) is 0.510. The van der Waals surface area contributed by atoms with E-state index in [-0.39, 0.29) is 17.2 Å². The number of H-pyrrole nitrogens is 2. The Labute approximate surface area is 190 Å². The van der Waals surface area contributed by atoms with Crippen molar-refractivity contribution in [1.29, 1.82) is 0 Å². The molecule has 7 nitrogen and oxygen atoms in total. The standard InChI is InChI=1S/C25H36N6O/c1-5-8-18(15-19-17-26-21-10-7-6-9-20(19)21)16-22(32)23-27-24(29-28-23)30-11-13-31(14-12-30)25(2,3)4/h6-7,9-10,17-18,26H,5,8,11-16H2,1-4H3,(H,27,28,29). The first-order valence-corrected chi connectivity index (χ1v) is 11.9. The molecule has 172 valence electrons. The Kier molecular flexibility index (Phi) is 6.65. The molecular weight excluding hydrogens is 400 g/mol. The third kappa shape index (κ3) is 5.04. The van der Waals surface area contributed by atoms with E-state index >= 15 is 0 Å². The third-order valence-corrected chi connectivity index (χ3v) is 6.60. The van der Waals surface area contributed by atoms with Crippen molar-refractivity contribution in [3.8, 4) is 0 Å². The number of para-hydroxylation sites is 1. The summed E-state index contributed by atoms with van der Waals surface area (Å²) in [5.41, 5.74) is 2.60. The second-order valence-corrected chi connectivity index (χ2v) is 9.97. The van der Waals surface area contributed by atoms with Gasteiger partial charge >= 0.3 is 0 Å². The maximum atomic E-state index is 13.0. The van der Waals surface area contributed by atoms with E-state index in [1.54, 1.807) is 0 Å². The number of hydrogen-bond donors (Lipinski definition) is 2. The van der Waals surface area contributed by atoms with Crippen molar-refractivity contribution >= 4 is 22.6 Å². The molecule has 32 heavy (non-hydrogen) atoms. The van der Waals surface area contributed by atoms with Crippen LogP contribution in [-0.4, -0.2) is 62.6 Å². The van der Waals surface area contributed by atoms with Crippen LogP contribution >= 0.6 is 0 Å². The maximum absolute atomic E-state index is 13.0. The average molecular weight is 437 g/mol. The fourth-order valence-electron chi connectivity index (χ4n) is 4.75. The number of aromatic nitrogens is 4. The van der Waals surface area contributed by atoms with Gasteiger partial charge in [0.05, 0.1) is 0 Å². The number of carbonyl (C=O) groups excluding carboxylic acids is 1. The predicted octanol–water partition coefficient (Wildman–Crippen LogP) is 4.44. The Morgan fingerprint density at radius 1 is 1.16 bits per heavy atom. The van der Waals surface area contributed by atoms with Crippen molar-refractivity contribution in [2.24, 2.45) is 5.92 Å². The zero-order valence-electron chi connectivity index (χ0n) is 19.8. The third-order valence-electron chi connectivity index (χ3n) is 6.60. The molecule has 7 heteroatoms. The first-order valence-electron chi connectivity index (χ1n) is 11.9. The topological polar surface area (TPSA) is 80.9 Å². The van der Waals surface area contributed by atoms with Crippen molar-refractivity contribution in [3.63, 3.8) is 0 Å². The van der Waals surface area contributed by atoms with E-state index < -0.39 is 0 Å². The van der Waals surface area contributed by atoms with Crippen LogP contribution < -0.4 is 4.90 Å². The Balaban J connectivity index is 1.39. The number of rotatable bonds is 8. The molecule has 2 N–H and O–H groups in total. The first kappa shape index (κ1) is 22.5. The molecular formula is C25H36N6O. The van der Waals surface area contributed by atoms with Crippen LogP contribution in [0, 0.1) is 5.92 Å².